The molecule has 0 saturated heterocycles. The summed E-state index contributed by atoms with van der Waals surface area (Å²) >= 11 is 7.89. The minimum Gasteiger partial charge on any atom is -0.496 e. The number of aromatic nitrogens is 1. The predicted octanol–water partition coefficient (Wildman–Crippen LogP) is 6.39. The van der Waals surface area contributed by atoms with Crippen molar-refractivity contribution in [1.29, 1.82) is 0 Å². The molecule has 0 aliphatic rings. The molecule has 172 valence electrons. The summed E-state index contributed by atoms with van der Waals surface area (Å²) in [5.41, 5.74) is 2.75. The highest BCUT2D eigenvalue weighted by Gasteiger charge is 2.25. The van der Waals surface area contributed by atoms with Crippen LogP contribution in [0.3, 0.4) is 0 Å². The van der Waals surface area contributed by atoms with E-state index in [1.165, 1.54) is 16.2 Å². The lowest BCUT2D eigenvalue weighted by Crippen LogP contribution is -2.45. The fourth-order valence-electron chi connectivity index (χ4n) is 4.12. The van der Waals surface area contributed by atoms with E-state index in [4.69, 9.17) is 16.3 Å². The van der Waals surface area contributed by atoms with Gasteiger partial charge in [-0.2, -0.15) is 0 Å². The Morgan fingerprint density at radius 3 is 2.52 bits per heavy atom. The largest absolute Gasteiger partial charge is 0.496 e. The summed E-state index contributed by atoms with van der Waals surface area (Å²) in [6.07, 6.45) is -0.324. The number of nitrogens with zero attached hydrogens (tertiary/aromatic N) is 1. The normalized spacial score (nSPS) is 11.8. The van der Waals surface area contributed by atoms with E-state index < -0.39 is 11.6 Å². The van der Waals surface area contributed by atoms with Crippen LogP contribution in [-0.4, -0.2) is 40.3 Å². The van der Waals surface area contributed by atoms with Crippen LogP contribution >= 0.6 is 22.9 Å². The van der Waals surface area contributed by atoms with E-state index >= 15 is 0 Å². The number of pyridine rings is 1. The van der Waals surface area contributed by atoms with Crippen molar-refractivity contribution in [3.8, 4) is 16.9 Å². The van der Waals surface area contributed by atoms with E-state index in [9.17, 15) is 14.7 Å². The van der Waals surface area contributed by atoms with Gasteiger partial charge >= 0.3 is 6.09 Å². The van der Waals surface area contributed by atoms with Crippen LogP contribution in [0.4, 0.5) is 4.79 Å². The molecule has 33 heavy (non-hydrogen) atoms. The van der Waals surface area contributed by atoms with Gasteiger partial charge in [0.25, 0.3) is 5.56 Å². The average molecular weight is 485 g/mol. The first-order valence-electron chi connectivity index (χ1n) is 10.5. The molecule has 6 nitrogen and oxygen atoms in total. The Hall–Kier alpha value is -3.03. The van der Waals surface area contributed by atoms with Gasteiger partial charge in [-0.25, -0.2) is 4.79 Å². The van der Waals surface area contributed by atoms with Gasteiger partial charge in [-0.05, 0) is 49.8 Å². The van der Waals surface area contributed by atoms with Crippen LogP contribution in [0.1, 0.15) is 26.3 Å². The molecular weight excluding hydrogens is 460 g/mol. The molecule has 2 aromatic carbocycles. The highest BCUT2D eigenvalue weighted by molar-refractivity contribution is 7.17. The first-order valence-corrected chi connectivity index (χ1v) is 11.8. The molecule has 8 heteroatoms. The van der Waals surface area contributed by atoms with Gasteiger partial charge in [0, 0.05) is 34.5 Å². The summed E-state index contributed by atoms with van der Waals surface area (Å²) in [5, 5.41) is 13.5. The summed E-state index contributed by atoms with van der Waals surface area (Å²) in [6, 6.07) is 11.6. The van der Waals surface area contributed by atoms with Crippen LogP contribution in [-0.2, 0) is 6.42 Å². The molecule has 0 saturated carbocycles. The number of benzene rings is 2. The Morgan fingerprint density at radius 2 is 1.91 bits per heavy atom. The van der Waals surface area contributed by atoms with E-state index in [0.717, 1.165) is 27.5 Å². The van der Waals surface area contributed by atoms with Gasteiger partial charge in [-0.3, -0.25) is 4.79 Å². The highest BCUT2D eigenvalue weighted by atomic mass is 35.5. The summed E-state index contributed by atoms with van der Waals surface area (Å²) in [7, 11) is 1.60. The van der Waals surface area contributed by atoms with Gasteiger partial charge in [-0.1, -0.05) is 35.9 Å². The number of hydrogen-bond donors (Lipinski definition) is 2. The molecule has 0 spiro atoms. The molecule has 0 radical (unpaired) electrons. The lowest BCUT2D eigenvalue weighted by atomic mass is 9.96. The Labute approximate surface area is 200 Å². The number of H-pyrrole nitrogens is 1. The molecule has 2 N–H and O–H groups in total. The zero-order chi connectivity index (χ0) is 23.9. The standard InChI is InChI=1S/C25H25ClN2O4S/c1-25(2,3)28(24(30)31)11-9-14-5-7-15(8-6-14)19-18(32-4)13-17(26)21-20(19)16-10-12-33-22(16)23(29)27-21/h5-8,10,12-13H,9,11H2,1-4H3,(H,27,29)(H,30,31). The van der Waals surface area contributed by atoms with Gasteiger partial charge in [0.15, 0.2) is 0 Å². The van der Waals surface area contributed by atoms with Crippen molar-refractivity contribution in [2.24, 2.45) is 0 Å². The average Bonchev–Trinajstić information content (AvgIpc) is 3.24. The quantitative estimate of drug-likeness (QED) is 0.343. The third kappa shape index (κ3) is 4.30. The van der Waals surface area contributed by atoms with Gasteiger partial charge in [0.05, 0.1) is 17.6 Å². The minimum atomic E-state index is -0.926. The second-order valence-electron chi connectivity index (χ2n) is 8.86. The Bertz CT molecular complexity index is 1400. The monoisotopic (exact) mass is 484 g/mol. The van der Waals surface area contributed by atoms with Crippen molar-refractivity contribution in [2.75, 3.05) is 13.7 Å². The fraction of sp³-hybridized carbons (Fsp3) is 0.280. The first-order chi connectivity index (χ1) is 15.6. The summed E-state index contributed by atoms with van der Waals surface area (Å²) in [4.78, 5) is 28.5. The zero-order valence-corrected chi connectivity index (χ0v) is 20.4. The number of fused-ring (bicyclic) bond motifs is 3. The minimum absolute atomic E-state index is 0.164. The van der Waals surface area contributed by atoms with E-state index in [2.05, 4.69) is 4.98 Å². The second-order valence-corrected chi connectivity index (χ2v) is 10.2. The van der Waals surface area contributed by atoms with Crippen molar-refractivity contribution >= 4 is 50.0 Å². The van der Waals surface area contributed by atoms with Crippen LogP contribution < -0.4 is 10.3 Å². The number of aromatic amines is 1. The van der Waals surface area contributed by atoms with Crippen molar-refractivity contribution in [1.82, 2.24) is 9.88 Å². The molecule has 0 fully saturated rings. The Morgan fingerprint density at radius 1 is 1.21 bits per heavy atom. The maximum Gasteiger partial charge on any atom is 0.407 e. The molecular formula is C25H25ClN2O4S. The molecule has 0 bridgehead atoms. The first kappa shape index (κ1) is 23.1. The molecule has 2 heterocycles. The van der Waals surface area contributed by atoms with Gasteiger partial charge in [0.2, 0.25) is 0 Å². The number of carbonyl (C=O) groups is 1. The molecule has 0 atom stereocenters. The zero-order valence-electron chi connectivity index (χ0n) is 18.9. The highest BCUT2D eigenvalue weighted by Crippen LogP contribution is 2.43. The van der Waals surface area contributed by atoms with Crippen LogP contribution in [0.15, 0.2) is 46.6 Å². The molecule has 0 aliphatic carbocycles. The Balaban J connectivity index is 1.78. The molecule has 4 rings (SSSR count). The molecule has 4 aromatic rings. The molecule has 0 aliphatic heterocycles. The number of halogens is 1. The summed E-state index contributed by atoms with van der Waals surface area (Å²) < 4.78 is 6.31. The van der Waals surface area contributed by atoms with Gasteiger partial charge < -0.3 is 19.7 Å². The summed E-state index contributed by atoms with van der Waals surface area (Å²) in [5.74, 6) is 0.615. The summed E-state index contributed by atoms with van der Waals surface area (Å²) in [6.45, 7) is 6.06. The predicted molar refractivity (Wildman–Crippen MR) is 135 cm³/mol. The van der Waals surface area contributed by atoms with Crippen LogP contribution in [0.25, 0.3) is 32.1 Å². The third-order valence-electron chi connectivity index (χ3n) is 5.75. The van der Waals surface area contributed by atoms with Crippen molar-refractivity contribution in [3.05, 3.63) is 62.7 Å². The van der Waals surface area contributed by atoms with Crippen molar-refractivity contribution in [3.63, 3.8) is 0 Å². The van der Waals surface area contributed by atoms with E-state index in [1.54, 1.807) is 13.2 Å². The lowest BCUT2D eigenvalue weighted by Gasteiger charge is -2.33. The van der Waals surface area contributed by atoms with Crippen LogP contribution in [0, 0.1) is 0 Å². The molecule has 0 unspecified atom stereocenters. The van der Waals surface area contributed by atoms with E-state index in [1.807, 2.05) is 56.5 Å². The number of thiophene rings is 1. The lowest BCUT2D eigenvalue weighted by molar-refractivity contribution is 0.101. The van der Waals surface area contributed by atoms with Gasteiger partial charge in [-0.15, -0.1) is 11.3 Å². The van der Waals surface area contributed by atoms with Crippen LogP contribution in [0.5, 0.6) is 5.75 Å². The van der Waals surface area contributed by atoms with Gasteiger partial charge in [0.1, 0.15) is 10.4 Å². The second kappa shape index (κ2) is 8.72. The number of methoxy groups -OCH3 is 1. The smallest absolute Gasteiger partial charge is 0.407 e. The SMILES string of the molecule is COc1cc(Cl)c2[nH]c(=O)c3sccc3c2c1-c1ccc(CCN(C(=O)O)C(C)(C)C)cc1. The number of hydrogen-bond acceptors (Lipinski definition) is 4. The number of nitrogens with one attached hydrogen (secondary N) is 1. The number of rotatable bonds is 5. The molecule has 1 amide bonds. The number of carboxylic acid groups (broad SMARTS) is 1. The maximum atomic E-state index is 12.5. The molecule has 2 aromatic heterocycles. The van der Waals surface area contributed by atoms with Crippen LogP contribution in [0.2, 0.25) is 5.02 Å². The topological polar surface area (TPSA) is 82.6 Å². The van der Waals surface area contributed by atoms with Crippen molar-refractivity contribution < 1.29 is 14.6 Å². The maximum absolute atomic E-state index is 12.5. The number of amides is 1. The third-order valence-corrected chi connectivity index (χ3v) is 6.96. The van der Waals surface area contributed by atoms with E-state index in [-0.39, 0.29) is 5.56 Å². The van der Waals surface area contributed by atoms with E-state index in [0.29, 0.717) is 34.0 Å². The fourth-order valence-corrected chi connectivity index (χ4v) is 5.15. The number of ether oxygens (including phenoxy) is 1. The Kier molecular flexibility index (Phi) is 6.12. The van der Waals surface area contributed by atoms with Crippen molar-refractivity contribution in [2.45, 2.75) is 32.7 Å².